The van der Waals surface area contributed by atoms with Crippen molar-refractivity contribution >= 4 is 11.9 Å². The summed E-state index contributed by atoms with van der Waals surface area (Å²) >= 11 is 0. The molecule has 0 radical (unpaired) electrons. The highest BCUT2D eigenvalue weighted by atomic mass is 16.4. The molecule has 2 aliphatic carbocycles. The molecular formula is C14H23NO3. The summed E-state index contributed by atoms with van der Waals surface area (Å²) in [4.78, 5) is 25.2. The second kappa shape index (κ2) is 5.72. The average molecular weight is 253 g/mol. The molecule has 102 valence electrons. The first-order chi connectivity index (χ1) is 8.61. The molecule has 0 saturated heterocycles. The number of amides is 1. The third-order valence-corrected chi connectivity index (χ3v) is 4.53. The average Bonchev–Trinajstić information content (AvgIpc) is 2.76. The Hall–Kier alpha value is -1.06. The molecule has 0 spiro atoms. The molecular weight excluding hydrogens is 230 g/mol. The van der Waals surface area contributed by atoms with E-state index < -0.39 is 5.97 Å². The first-order valence-corrected chi connectivity index (χ1v) is 7.13. The van der Waals surface area contributed by atoms with Crippen LogP contribution < -0.4 is 0 Å². The number of carboxylic acids is 1. The fourth-order valence-corrected chi connectivity index (χ4v) is 3.05. The predicted octanol–water partition coefficient (Wildman–Crippen LogP) is 2.14. The number of carbonyl (C=O) groups excluding carboxylic acids is 1. The first kappa shape index (κ1) is 13.4. The van der Waals surface area contributed by atoms with Crippen molar-refractivity contribution in [2.45, 2.75) is 45.4 Å². The van der Waals surface area contributed by atoms with Crippen molar-refractivity contribution in [2.24, 2.45) is 17.8 Å². The third-order valence-electron chi connectivity index (χ3n) is 4.53. The van der Waals surface area contributed by atoms with Crippen molar-refractivity contribution in [1.29, 1.82) is 0 Å². The number of carbonyl (C=O) groups is 2. The largest absolute Gasteiger partial charge is 0.481 e. The van der Waals surface area contributed by atoms with Gasteiger partial charge in [-0.3, -0.25) is 9.59 Å². The van der Waals surface area contributed by atoms with Crippen LogP contribution in [0.1, 0.15) is 45.4 Å². The van der Waals surface area contributed by atoms with Gasteiger partial charge in [-0.15, -0.1) is 0 Å². The maximum absolute atomic E-state index is 12.4. The van der Waals surface area contributed by atoms with Gasteiger partial charge in [0.1, 0.15) is 0 Å². The van der Waals surface area contributed by atoms with Crippen molar-refractivity contribution in [3.05, 3.63) is 0 Å². The summed E-state index contributed by atoms with van der Waals surface area (Å²) in [7, 11) is 0. The summed E-state index contributed by atoms with van der Waals surface area (Å²) < 4.78 is 0. The van der Waals surface area contributed by atoms with E-state index in [0.717, 1.165) is 19.5 Å². The first-order valence-electron chi connectivity index (χ1n) is 7.13. The molecule has 0 unspecified atom stereocenters. The highest BCUT2D eigenvalue weighted by Gasteiger charge is 2.36. The fourth-order valence-electron chi connectivity index (χ4n) is 3.05. The molecule has 18 heavy (non-hydrogen) atoms. The van der Waals surface area contributed by atoms with Gasteiger partial charge < -0.3 is 10.0 Å². The van der Waals surface area contributed by atoms with Gasteiger partial charge in [0, 0.05) is 19.0 Å². The topological polar surface area (TPSA) is 57.6 Å². The minimum absolute atomic E-state index is 0.0499. The Labute approximate surface area is 108 Å². The Kier molecular flexibility index (Phi) is 4.25. The van der Waals surface area contributed by atoms with Gasteiger partial charge in [0.25, 0.3) is 0 Å². The summed E-state index contributed by atoms with van der Waals surface area (Å²) in [6, 6.07) is 0. The smallest absolute Gasteiger partial charge is 0.306 e. The van der Waals surface area contributed by atoms with E-state index in [1.165, 1.54) is 19.3 Å². The fraction of sp³-hybridized carbons (Fsp3) is 0.857. The van der Waals surface area contributed by atoms with Gasteiger partial charge in [-0.25, -0.2) is 0 Å². The number of nitrogens with zero attached hydrogens (tertiary/aromatic N) is 1. The maximum Gasteiger partial charge on any atom is 0.306 e. The molecule has 0 aromatic heterocycles. The zero-order valence-electron chi connectivity index (χ0n) is 11.1. The molecule has 4 nitrogen and oxygen atoms in total. The lowest BCUT2D eigenvalue weighted by Crippen LogP contribution is -2.40. The number of carboxylic acid groups (broad SMARTS) is 1. The van der Waals surface area contributed by atoms with Crippen LogP contribution in [0.3, 0.4) is 0 Å². The third kappa shape index (κ3) is 2.85. The van der Waals surface area contributed by atoms with E-state index in [4.69, 9.17) is 5.11 Å². The molecule has 2 aliphatic rings. The van der Waals surface area contributed by atoms with Crippen LogP contribution in [-0.4, -0.2) is 35.0 Å². The van der Waals surface area contributed by atoms with Crippen LogP contribution in [0, 0.1) is 17.8 Å². The second-order valence-corrected chi connectivity index (χ2v) is 5.72. The normalized spacial score (nSPS) is 27.8. The molecule has 2 atom stereocenters. The number of hydrogen-bond donors (Lipinski definition) is 1. The molecule has 2 saturated carbocycles. The van der Waals surface area contributed by atoms with Gasteiger partial charge >= 0.3 is 5.97 Å². The Morgan fingerprint density at radius 2 is 1.83 bits per heavy atom. The Morgan fingerprint density at radius 1 is 1.17 bits per heavy atom. The van der Waals surface area contributed by atoms with Gasteiger partial charge in [-0.1, -0.05) is 6.42 Å². The summed E-state index contributed by atoms with van der Waals surface area (Å²) in [5.41, 5.74) is 0. The molecule has 2 fully saturated rings. The van der Waals surface area contributed by atoms with Crippen LogP contribution in [-0.2, 0) is 9.59 Å². The molecule has 0 heterocycles. The van der Waals surface area contributed by atoms with Crippen LogP contribution in [0.5, 0.6) is 0 Å². The van der Waals surface area contributed by atoms with Gasteiger partial charge in [-0.2, -0.15) is 0 Å². The molecule has 0 aliphatic heterocycles. The van der Waals surface area contributed by atoms with Crippen LogP contribution in [0.25, 0.3) is 0 Å². The molecule has 4 heteroatoms. The Morgan fingerprint density at radius 3 is 2.28 bits per heavy atom. The lowest BCUT2D eigenvalue weighted by atomic mass is 9.85. The SMILES string of the molecule is CCN(CC1CCC1)C(=O)[C@@H]1CC[C@H](C(=O)O)C1. The Bertz CT molecular complexity index is 325. The van der Waals surface area contributed by atoms with Crippen LogP contribution in [0.4, 0.5) is 0 Å². The van der Waals surface area contributed by atoms with Crippen LogP contribution >= 0.6 is 0 Å². The number of hydrogen-bond acceptors (Lipinski definition) is 2. The highest BCUT2D eigenvalue weighted by molar-refractivity contribution is 5.81. The summed E-state index contributed by atoms with van der Waals surface area (Å²) in [5, 5.41) is 8.98. The van der Waals surface area contributed by atoms with E-state index in [2.05, 4.69) is 0 Å². The van der Waals surface area contributed by atoms with Crippen molar-refractivity contribution in [2.75, 3.05) is 13.1 Å². The zero-order valence-corrected chi connectivity index (χ0v) is 11.1. The quantitative estimate of drug-likeness (QED) is 0.816. The zero-order chi connectivity index (χ0) is 13.1. The minimum atomic E-state index is -0.743. The van der Waals surface area contributed by atoms with Crippen LogP contribution in [0.2, 0.25) is 0 Å². The van der Waals surface area contributed by atoms with Crippen molar-refractivity contribution in [1.82, 2.24) is 4.90 Å². The molecule has 1 N–H and O–H groups in total. The van der Waals surface area contributed by atoms with Crippen molar-refractivity contribution in [3.63, 3.8) is 0 Å². The van der Waals surface area contributed by atoms with E-state index >= 15 is 0 Å². The standard InChI is InChI=1S/C14H23NO3/c1-2-15(9-10-4-3-5-10)13(16)11-6-7-12(8-11)14(17)18/h10-12H,2-9H2,1H3,(H,17,18)/t11-,12+/m1/s1. The van der Waals surface area contributed by atoms with Crippen LogP contribution in [0.15, 0.2) is 0 Å². The molecule has 0 bridgehead atoms. The summed E-state index contributed by atoms with van der Waals surface area (Å²) in [6.45, 7) is 3.65. The van der Waals surface area contributed by atoms with E-state index in [0.29, 0.717) is 18.8 Å². The molecule has 1 amide bonds. The van der Waals surface area contributed by atoms with E-state index in [1.54, 1.807) is 0 Å². The number of aliphatic carboxylic acids is 1. The van der Waals surface area contributed by atoms with E-state index in [1.807, 2.05) is 11.8 Å². The van der Waals surface area contributed by atoms with E-state index in [9.17, 15) is 9.59 Å². The van der Waals surface area contributed by atoms with Gasteiger partial charge in [0.15, 0.2) is 0 Å². The second-order valence-electron chi connectivity index (χ2n) is 5.72. The minimum Gasteiger partial charge on any atom is -0.481 e. The van der Waals surface area contributed by atoms with Crippen molar-refractivity contribution < 1.29 is 14.7 Å². The Balaban J connectivity index is 1.86. The monoisotopic (exact) mass is 253 g/mol. The lowest BCUT2D eigenvalue weighted by molar-refractivity contribution is -0.141. The maximum atomic E-state index is 12.4. The van der Waals surface area contributed by atoms with Gasteiger partial charge in [-0.05, 0) is 44.9 Å². The molecule has 2 rings (SSSR count). The van der Waals surface area contributed by atoms with Gasteiger partial charge in [0.05, 0.1) is 5.92 Å². The number of rotatable bonds is 5. The van der Waals surface area contributed by atoms with E-state index in [-0.39, 0.29) is 17.7 Å². The van der Waals surface area contributed by atoms with Gasteiger partial charge in [0.2, 0.25) is 5.91 Å². The highest BCUT2D eigenvalue weighted by Crippen LogP contribution is 2.33. The molecule has 0 aromatic rings. The lowest BCUT2D eigenvalue weighted by Gasteiger charge is -2.33. The summed E-state index contributed by atoms with van der Waals surface area (Å²) in [6.07, 6.45) is 5.72. The van der Waals surface area contributed by atoms with Crippen molar-refractivity contribution in [3.8, 4) is 0 Å². The summed E-state index contributed by atoms with van der Waals surface area (Å²) in [5.74, 6) is -0.224. The predicted molar refractivity (Wildman–Crippen MR) is 68.1 cm³/mol. The molecule has 0 aromatic carbocycles.